The van der Waals surface area contributed by atoms with E-state index in [4.69, 9.17) is 11.6 Å². The number of rotatable bonds is 4. The number of hydrogen-bond donors (Lipinski definition) is 2. The maximum absolute atomic E-state index is 11.3. The van der Waals surface area contributed by atoms with E-state index >= 15 is 0 Å². The van der Waals surface area contributed by atoms with E-state index in [1.54, 1.807) is 18.2 Å². The molecule has 1 aliphatic rings. The van der Waals surface area contributed by atoms with Crippen molar-refractivity contribution in [3.05, 3.63) is 28.8 Å². The Morgan fingerprint density at radius 1 is 1.35 bits per heavy atom. The molecule has 0 radical (unpaired) electrons. The minimum Gasteiger partial charge on any atom is -0.478 e. The standard InChI is InChI=1S/C16H22ClNO2/c1-10(2)12-5-3-4-6-14(12)18-15-9-11(17)7-8-13(15)16(19)20/h7-10,12,14,18H,3-6H2,1-2H3,(H,19,20). The number of hydrogen-bond acceptors (Lipinski definition) is 2. The molecule has 1 fully saturated rings. The topological polar surface area (TPSA) is 49.3 Å². The number of benzene rings is 1. The van der Waals surface area contributed by atoms with Crippen LogP contribution in [-0.4, -0.2) is 17.1 Å². The molecule has 4 heteroatoms. The Bertz CT molecular complexity index is 487. The zero-order valence-electron chi connectivity index (χ0n) is 12.0. The van der Waals surface area contributed by atoms with E-state index in [2.05, 4.69) is 19.2 Å². The van der Waals surface area contributed by atoms with Gasteiger partial charge in [0.05, 0.1) is 11.3 Å². The van der Waals surface area contributed by atoms with Crippen molar-refractivity contribution in [3.8, 4) is 0 Å². The molecule has 2 rings (SSSR count). The predicted octanol–water partition coefficient (Wildman–Crippen LogP) is 4.66. The number of anilines is 1. The second-order valence-corrected chi connectivity index (χ2v) is 6.37. The van der Waals surface area contributed by atoms with Crippen molar-refractivity contribution in [2.45, 2.75) is 45.6 Å². The zero-order valence-corrected chi connectivity index (χ0v) is 12.8. The summed E-state index contributed by atoms with van der Waals surface area (Å²) in [6.07, 6.45) is 4.76. The van der Waals surface area contributed by atoms with Crippen LogP contribution in [0.5, 0.6) is 0 Å². The minimum absolute atomic E-state index is 0.294. The summed E-state index contributed by atoms with van der Waals surface area (Å²) in [7, 11) is 0. The van der Waals surface area contributed by atoms with Crippen molar-refractivity contribution < 1.29 is 9.90 Å². The number of carboxylic acids is 1. The van der Waals surface area contributed by atoms with E-state index < -0.39 is 5.97 Å². The molecule has 0 heterocycles. The van der Waals surface area contributed by atoms with Gasteiger partial charge in [0.15, 0.2) is 0 Å². The van der Waals surface area contributed by atoms with Gasteiger partial charge >= 0.3 is 5.97 Å². The Morgan fingerprint density at radius 3 is 2.70 bits per heavy atom. The first kappa shape index (κ1) is 15.2. The number of halogens is 1. The molecule has 1 saturated carbocycles. The molecule has 3 nitrogen and oxygen atoms in total. The first-order valence-electron chi connectivity index (χ1n) is 7.28. The summed E-state index contributed by atoms with van der Waals surface area (Å²) in [5.41, 5.74) is 0.935. The van der Waals surface area contributed by atoms with Crippen LogP contribution in [0.1, 0.15) is 49.9 Å². The maximum atomic E-state index is 11.3. The highest BCUT2D eigenvalue weighted by Gasteiger charge is 2.28. The molecule has 2 unspecified atom stereocenters. The Balaban J connectivity index is 2.23. The summed E-state index contributed by atoms with van der Waals surface area (Å²) in [6, 6.07) is 5.24. The van der Waals surface area contributed by atoms with Crippen molar-refractivity contribution in [2.24, 2.45) is 11.8 Å². The highest BCUT2D eigenvalue weighted by atomic mass is 35.5. The van der Waals surface area contributed by atoms with Gasteiger partial charge in [0.2, 0.25) is 0 Å². The molecule has 0 amide bonds. The van der Waals surface area contributed by atoms with Crippen LogP contribution in [0.3, 0.4) is 0 Å². The fourth-order valence-electron chi connectivity index (χ4n) is 3.16. The molecule has 20 heavy (non-hydrogen) atoms. The van der Waals surface area contributed by atoms with Gasteiger partial charge in [0.25, 0.3) is 0 Å². The van der Waals surface area contributed by atoms with Gasteiger partial charge in [-0.2, -0.15) is 0 Å². The molecular weight excluding hydrogens is 274 g/mol. The van der Waals surface area contributed by atoms with E-state index in [1.807, 2.05) is 0 Å². The molecule has 1 aliphatic carbocycles. The molecule has 2 atom stereocenters. The van der Waals surface area contributed by atoms with E-state index in [-0.39, 0.29) is 0 Å². The molecule has 0 aliphatic heterocycles. The monoisotopic (exact) mass is 295 g/mol. The molecule has 2 N–H and O–H groups in total. The number of aromatic carboxylic acids is 1. The quantitative estimate of drug-likeness (QED) is 0.849. The van der Waals surface area contributed by atoms with Crippen LogP contribution in [-0.2, 0) is 0 Å². The zero-order chi connectivity index (χ0) is 14.7. The normalized spacial score (nSPS) is 22.8. The van der Waals surface area contributed by atoms with E-state index in [1.165, 1.54) is 19.3 Å². The molecule has 0 saturated heterocycles. The average Bonchev–Trinajstić information content (AvgIpc) is 2.38. The van der Waals surface area contributed by atoms with Gasteiger partial charge in [0, 0.05) is 11.1 Å². The van der Waals surface area contributed by atoms with Crippen molar-refractivity contribution in [1.82, 2.24) is 0 Å². The molecule has 0 bridgehead atoms. The van der Waals surface area contributed by atoms with Gasteiger partial charge < -0.3 is 10.4 Å². The summed E-state index contributed by atoms with van der Waals surface area (Å²) in [5, 5.41) is 13.3. The molecule has 1 aromatic rings. The van der Waals surface area contributed by atoms with Gasteiger partial charge in [0.1, 0.15) is 0 Å². The van der Waals surface area contributed by atoms with Gasteiger partial charge in [-0.25, -0.2) is 4.79 Å². The maximum Gasteiger partial charge on any atom is 0.337 e. The third kappa shape index (κ3) is 3.45. The molecule has 0 spiro atoms. The molecule has 110 valence electrons. The smallest absolute Gasteiger partial charge is 0.337 e. The van der Waals surface area contributed by atoms with Crippen molar-refractivity contribution in [3.63, 3.8) is 0 Å². The lowest BCUT2D eigenvalue weighted by Gasteiger charge is -2.35. The SMILES string of the molecule is CC(C)C1CCCCC1Nc1cc(Cl)ccc1C(=O)O. The van der Waals surface area contributed by atoms with Gasteiger partial charge in [-0.05, 0) is 42.9 Å². The first-order chi connectivity index (χ1) is 9.49. The Hall–Kier alpha value is -1.22. The second kappa shape index (κ2) is 6.49. The van der Waals surface area contributed by atoms with Crippen molar-refractivity contribution >= 4 is 23.3 Å². The number of carbonyl (C=O) groups is 1. The predicted molar refractivity (Wildman–Crippen MR) is 82.6 cm³/mol. The summed E-state index contributed by atoms with van der Waals surface area (Å²) in [6.45, 7) is 4.47. The summed E-state index contributed by atoms with van der Waals surface area (Å²) in [4.78, 5) is 11.3. The van der Waals surface area contributed by atoms with Crippen LogP contribution in [0.2, 0.25) is 5.02 Å². The first-order valence-corrected chi connectivity index (χ1v) is 7.66. The second-order valence-electron chi connectivity index (χ2n) is 5.94. The molecule has 1 aromatic carbocycles. The van der Waals surface area contributed by atoms with Gasteiger partial charge in [-0.1, -0.05) is 38.3 Å². The van der Waals surface area contributed by atoms with E-state index in [0.717, 1.165) is 6.42 Å². The van der Waals surface area contributed by atoms with Gasteiger partial charge in [-0.3, -0.25) is 0 Å². The lowest BCUT2D eigenvalue weighted by Crippen LogP contribution is -2.35. The Kier molecular flexibility index (Phi) is 4.92. The summed E-state index contributed by atoms with van der Waals surface area (Å²) >= 11 is 6.01. The Morgan fingerprint density at radius 2 is 2.05 bits per heavy atom. The van der Waals surface area contributed by atoms with Crippen LogP contribution in [0.4, 0.5) is 5.69 Å². The number of nitrogens with one attached hydrogen (secondary N) is 1. The minimum atomic E-state index is -0.916. The third-order valence-corrected chi connectivity index (χ3v) is 4.46. The third-order valence-electron chi connectivity index (χ3n) is 4.23. The van der Waals surface area contributed by atoms with Crippen LogP contribution < -0.4 is 5.32 Å². The highest BCUT2D eigenvalue weighted by molar-refractivity contribution is 6.31. The summed E-state index contributed by atoms with van der Waals surface area (Å²) in [5.74, 6) is 0.269. The van der Waals surface area contributed by atoms with E-state index in [0.29, 0.717) is 34.2 Å². The summed E-state index contributed by atoms with van der Waals surface area (Å²) < 4.78 is 0. The fraction of sp³-hybridized carbons (Fsp3) is 0.562. The average molecular weight is 296 g/mol. The van der Waals surface area contributed by atoms with Gasteiger partial charge in [-0.15, -0.1) is 0 Å². The Labute approximate surface area is 125 Å². The van der Waals surface area contributed by atoms with Crippen LogP contribution >= 0.6 is 11.6 Å². The lowest BCUT2D eigenvalue weighted by molar-refractivity contribution is 0.0698. The van der Waals surface area contributed by atoms with Crippen LogP contribution in [0.15, 0.2) is 18.2 Å². The van der Waals surface area contributed by atoms with Crippen LogP contribution in [0, 0.1) is 11.8 Å². The molecule has 0 aromatic heterocycles. The largest absolute Gasteiger partial charge is 0.478 e. The van der Waals surface area contributed by atoms with E-state index in [9.17, 15) is 9.90 Å². The van der Waals surface area contributed by atoms with Crippen molar-refractivity contribution in [2.75, 3.05) is 5.32 Å². The highest BCUT2D eigenvalue weighted by Crippen LogP contribution is 2.33. The number of carboxylic acid groups (broad SMARTS) is 1. The molecular formula is C16H22ClNO2. The van der Waals surface area contributed by atoms with Crippen LogP contribution in [0.25, 0.3) is 0 Å². The fourth-order valence-corrected chi connectivity index (χ4v) is 3.33. The van der Waals surface area contributed by atoms with Crippen molar-refractivity contribution in [1.29, 1.82) is 0 Å². The lowest BCUT2D eigenvalue weighted by atomic mass is 9.77.